The van der Waals surface area contributed by atoms with E-state index < -0.39 is 8.32 Å². The molecule has 3 heteroatoms. The van der Waals surface area contributed by atoms with Crippen LogP contribution in [0.1, 0.15) is 54.9 Å². The smallest absolute Gasteiger partial charge is 0.272 e. The van der Waals surface area contributed by atoms with Gasteiger partial charge in [-0.05, 0) is 23.5 Å². The molecule has 0 N–H and O–H groups in total. The Morgan fingerprint density at radius 3 is 1.83 bits per heavy atom. The maximum atomic E-state index is 6.12. The number of hydrogen-bond acceptors (Lipinski definition) is 2. The van der Waals surface area contributed by atoms with Crippen LogP contribution in [0.2, 0.25) is 16.6 Å². The third-order valence-corrected chi connectivity index (χ3v) is 9.45. The van der Waals surface area contributed by atoms with Gasteiger partial charge in [-0.15, -0.1) is 0 Å². The molecular formula is C15H30O2Si. The van der Waals surface area contributed by atoms with Gasteiger partial charge in [0, 0.05) is 13.0 Å². The van der Waals surface area contributed by atoms with E-state index in [0.29, 0.717) is 23.2 Å². The van der Waals surface area contributed by atoms with E-state index in [9.17, 15) is 0 Å². The first-order valence-corrected chi connectivity index (χ1v) is 9.27. The quantitative estimate of drug-likeness (QED) is 0.383. The van der Waals surface area contributed by atoms with Gasteiger partial charge in [-0.2, -0.15) is 0 Å². The minimum atomic E-state index is -1.81. The highest BCUT2D eigenvalue weighted by Crippen LogP contribution is 2.41. The van der Waals surface area contributed by atoms with Crippen molar-refractivity contribution in [3.05, 3.63) is 0 Å². The lowest BCUT2D eigenvalue weighted by molar-refractivity contribution is 0.153. The largest absolute Gasteiger partial charge is 0.500 e. The number of rotatable bonds is 7. The Kier molecular flexibility index (Phi) is 8.38. The Hall–Kier alpha value is -0.463. The molecule has 0 aliphatic heterocycles. The molecule has 0 aliphatic carbocycles. The molecule has 0 unspecified atom stereocenters. The fourth-order valence-electron chi connectivity index (χ4n) is 2.80. The van der Waals surface area contributed by atoms with Gasteiger partial charge in [0.25, 0.3) is 8.32 Å². The van der Waals surface area contributed by atoms with Gasteiger partial charge < -0.3 is 9.16 Å². The van der Waals surface area contributed by atoms with Crippen molar-refractivity contribution in [1.82, 2.24) is 0 Å². The molecule has 0 saturated carbocycles. The van der Waals surface area contributed by atoms with Gasteiger partial charge in [0.1, 0.15) is 0 Å². The third-order valence-electron chi connectivity index (χ3n) is 3.58. The van der Waals surface area contributed by atoms with E-state index in [1.54, 1.807) is 0 Å². The van der Waals surface area contributed by atoms with E-state index >= 15 is 0 Å². The average Bonchev–Trinajstić information content (AvgIpc) is 2.26. The van der Waals surface area contributed by atoms with Crippen molar-refractivity contribution in [3.8, 4) is 12.0 Å². The molecule has 0 aromatic heterocycles. The summed E-state index contributed by atoms with van der Waals surface area (Å²) in [6.07, 6.45) is 3.72. The number of ether oxygens (including phenoxy) is 1. The van der Waals surface area contributed by atoms with Crippen molar-refractivity contribution < 1.29 is 9.16 Å². The number of hydrogen-bond donors (Lipinski definition) is 0. The van der Waals surface area contributed by atoms with Gasteiger partial charge in [-0.1, -0.05) is 47.5 Å². The summed E-state index contributed by atoms with van der Waals surface area (Å²) in [6, 6.07) is 0. The first-order valence-electron chi connectivity index (χ1n) is 7.13. The van der Waals surface area contributed by atoms with Crippen LogP contribution in [0, 0.1) is 12.0 Å². The van der Waals surface area contributed by atoms with Crippen LogP contribution in [-0.4, -0.2) is 21.5 Å². The van der Waals surface area contributed by atoms with Crippen LogP contribution in [0.15, 0.2) is 0 Å². The van der Waals surface area contributed by atoms with Crippen molar-refractivity contribution in [1.29, 1.82) is 0 Å². The van der Waals surface area contributed by atoms with E-state index in [2.05, 4.69) is 53.6 Å². The molecule has 0 bridgehead atoms. The molecule has 0 fully saturated rings. The summed E-state index contributed by atoms with van der Waals surface area (Å²) in [4.78, 5) is 0. The van der Waals surface area contributed by atoms with Crippen molar-refractivity contribution >= 4 is 8.32 Å². The van der Waals surface area contributed by atoms with E-state index in [1.807, 2.05) is 6.92 Å². The Labute approximate surface area is 115 Å². The predicted octanol–water partition coefficient (Wildman–Crippen LogP) is 4.57. The Balaban J connectivity index is 4.60. The average molecular weight is 270 g/mol. The van der Waals surface area contributed by atoms with E-state index in [0.717, 1.165) is 13.0 Å². The molecule has 0 aromatic carbocycles. The van der Waals surface area contributed by atoms with Gasteiger partial charge in [0.15, 0.2) is 0 Å². The van der Waals surface area contributed by atoms with Crippen LogP contribution >= 0.6 is 0 Å². The Morgan fingerprint density at radius 1 is 0.944 bits per heavy atom. The second-order valence-corrected chi connectivity index (χ2v) is 11.0. The van der Waals surface area contributed by atoms with Crippen LogP contribution in [0.25, 0.3) is 0 Å². The molecule has 18 heavy (non-hydrogen) atoms. The zero-order chi connectivity index (χ0) is 14.2. The highest BCUT2D eigenvalue weighted by atomic mass is 28.4. The van der Waals surface area contributed by atoms with Crippen molar-refractivity contribution in [2.24, 2.45) is 0 Å². The SMILES string of the molecule is CCOCCC#CO[Si](C(C)C)(C(C)C)C(C)C. The van der Waals surface area contributed by atoms with Gasteiger partial charge in [0.05, 0.1) is 12.7 Å². The zero-order valence-corrected chi connectivity index (χ0v) is 14.2. The minimum Gasteiger partial charge on any atom is -0.500 e. The molecule has 0 rings (SSSR count). The van der Waals surface area contributed by atoms with Crippen LogP contribution in [-0.2, 0) is 9.16 Å². The van der Waals surface area contributed by atoms with Crippen molar-refractivity contribution in [2.75, 3.05) is 13.2 Å². The summed E-state index contributed by atoms with van der Waals surface area (Å²) < 4.78 is 11.4. The molecule has 0 aromatic rings. The fraction of sp³-hybridized carbons (Fsp3) is 0.867. The lowest BCUT2D eigenvalue weighted by atomic mass is 10.5. The summed E-state index contributed by atoms with van der Waals surface area (Å²) in [5, 5.41) is 0. The van der Waals surface area contributed by atoms with Crippen molar-refractivity contribution in [2.45, 2.75) is 71.5 Å². The molecular weight excluding hydrogens is 240 g/mol. The second kappa shape index (κ2) is 8.61. The molecule has 0 spiro atoms. The molecule has 106 valence electrons. The lowest BCUT2D eigenvalue weighted by Gasteiger charge is -2.39. The maximum Gasteiger partial charge on any atom is 0.272 e. The molecule has 0 amide bonds. The topological polar surface area (TPSA) is 18.5 Å². The van der Waals surface area contributed by atoms with Crippen LogP contribution < -0.4 is 0 Å². The molecule has 2 nitrogen and oxygen atoms in total. The van der Waals surface area contributed by atoms with E-state index in [1.165, 1.54) is 0 Å². The second-order valence-electron chi connectivity index (χ2n) is 5.65. The maximum absolute atomic E-state index is 6.12. The van der Waals surface area contributed by atoms with Gasteiger partial charge in [0.2, 0.25) is 0 Å². The minimum absolute atomic E-state index is 0.582. The Bertz CT molecular complexity index is 252. The highest BCUT2D eigenvalue weighted by molar-refractivity contribution is 6.77. The van der Waals surface area contributed by atoms with Gasteiger partial charge in [-0.25, -0.2) is 0 Å². The third kappa shape index (κ3) is 4.66. The molecule has 0 atom stereocenters. The standard InChI is InChI=1S/C15H30O2Si/c1-8-16-11-9-10-12-17-18(13(2)3,14(4)5)15(6)7/h13-15H,8-9,11H2,1-7H3. The van der Waals surface area contributed by atoms with Gasteiger partial charge in [-0.3, -0.25) is 0 Å². The molecule has 0 aliphatic rings. The summed E-state index contributed by atoms with van der Waals surface area (Å²) in [7, 11) is -1.81. The predicted molar refractivity (Wildman–Crippen MR) is 81.0 cm³/mol. The van der Waals surface area contributed by atoms with Crippen LogP contribution in [0.3, 0.4) is 0 Å². The summed E-state index contributed by atoms with van der Waals surface area (Å²) >= 11 is 0. The molecule has 0 heterocycles. The summed E-state index contributed by atoms with van der Waals surface area (Å²) in [6.45, 7) is 17.1. The molecule has 0 saturated heterocycles. The fourth-order valence-corrected chi connectivity index (χ4v) is 7.75. The van der Waals surface area contributed by atoms with E-state index in [4.69, 9.17) is 9.16 Å². The van der Waals surface area contributed by atoms with Crippen LogP contribution in [0.4, 0.5) is 0 Å². The molecule has 0 radical (unpaired) electrons. The zero-order valence-electron chi connectivity index (χ0n) is 13.2. The van der Waals surface area contributed by atoms with Crippen LogP contribution in [0.5, 0.6) is 0 Å². The summed E-state index contributed by atoms with van der Waals surface area (Å²) in [5.41, 5.74) is 1.75. The van der Waals surface area contributed by atoms with E-state index in [-0.39, 0.29) is 0 Å². The van der Waals surface area contributed by atoms with Crippen molar-refractivity contribution in [3.63, 3.8) is 0 Å². The first kappa shape index (κ1) is 17.5. The van der Waals surface area contributed by atoms with Gasteiger partial charge >= 0.3 is 0 Å². The normalized spacial score (nSPS) is 11.9. The first-order chi connectivity index (χ1) is 8.39. The lowest BCUT2D eigenvalue weighted by Crippen LogP contribution is -2.46. The Morgan fingerprint density at radius 2 is 1.44 bits per heavy atom. The monoisotopic (exact) mass is 270 g/mol. The summed E-state index contributed by atoms with van der Waals surface area (Å²) in [5.74, 6) is 3.08. The highest BCUT2D eigenvalue weighted by Gasteiger charge is 2.46.